The zero-order valence-corrected chi connectivity index (χ0v) is 12.4. The Hall–Kier alpha value is -1.86. The molecule has 2 N–H and O–H groups in total. The lowest BCUT2D eigenvalue weighted by atomic mass is 9.99. The Kier molecular flexibility index (Phi) is 4.58. The molecular weight excluding hydrogens is 295 g/mol. The van der Waals surface area contributed by atoms with Gasteiger partial charge in [-0.3, -0.25) is 4.68 Å². The van der Waals surface area contributed by atoms with Gasteiger partial charge in [0.1, 0.15) is 5.60 Å². The molecule has 1 atom stereocenters. The van der Waals surface area contributed by atoms with E-state index in [-0.39, 0.29) is 6.54 Å². The third-order valence-electron chi connectivity index (χ3n) is 3.41. The van der Waals surface area contributed by atoms with Crippen molar-refractivity contribution >= 4 is 0 Å². The van der Waals surface area contributed by atoms with Crippen molar-refractivity contribution in [3.63, 3.8) is 0 Å². The van der Waals surface area contributed by atoms with Gasteiger partial charge in [-0.25, -0.2) is 0 Å². The number of nitrogens with one attached hydrogen (secondary N) is 1. The van der Waals surface area contributed by atoms with Gasteiger partial charge in [-0.15, -0.1) is 0 Å². The summed E-state index contributed by atoms with van der Waals surface area (Å²) in [6, 6.07) is 4.95. The summed E-state index contributed by atoms with van der Waals surface area (Å²) in [7, 11) is 1.76. The van der Waals surface area contributed by atoms with E-state index in [1.165, 1.54) is 12.1 Å². The molecule has 0 saturated carbocycles. The molecule has 1 aromatic heterocycles. The van der Waals surface area contributed by atoms with Crippen LogP contribution in [0.2, 0.25) is 0 Å². The van der Waals surface area contributed by atoms with Crippen molar-refractivity contribution in [1.82, 2.24) is 15.1 Å². The van der Waals surface area contributed by atoms with Gasteiger partial charge in [-0.05, 0) is 24.6 Å². The molecule has 0 radical (unpaired) electrons. The maximum atomic E-state index is 12.5. The highest BCUT2D eigenvalue weighted by molar-refractivity contribution is 5.24. The molecular formula is C15H18F3N3O. The molecule has 1 heterocycles. The predicted octanol–water partition coefficient (Wildman–Crippen LogP) is 2.44. The smallest absolute Gasteiger partial charge is 0.384 e. The lowest BCUT2D eigenvalue weighted by Crippen LogP contribution is -2.34. The molecule has 120 valence electrons. The normalized spacial score (nSPS) is 14.8. The molecule has 0 aliphatic carbocycles. The number of hydrogen-bond donors (Lipinski definition) is 2. The fraction of sp³-hybridized carbons (Fsp3) is 0.400. The number of aromatic nitrogens is 2. The van der Waals surface area contributed by atoms with E-state index in [9.17, 15) is 18.3 Å². The average Bonchev–Trinajstić information content (AvgIpc) is 2.86. The quantitative estimate of drug-likeness (QED) is 0.891. The van der Waals surface area contributed by atoms with E-state index in [2.05, 4.69) is 10.4 Å². The maximum absolute atomic E-state index is 12.5. The van der Waals surface area contributed by atoms with Gasteiger partial charge in [0.25, 0.3) is 0 Å². The van der Waals surface area contributed by atoms with E-state index < -0.39 is 17.3 Å². The van der Waals surface area contributed by atoms with Crippen molar-refractivity contribution < 1.29 is 18.3 Å². The van der Waals surface area contributed by atoms with Gasteiger partial charge < -0.3 is 10.4 Å². The largest absolute Gasteiger partial charge is 0.416 e. The van der Waals surface area contributed by atoms with E-state index in [1.54, 1.807) is 31.0 Å². The molecule has 7 heteroatoms. The van der Waals surface area contributed by atoms with Gasteiger partial charge in [-0.2, -0.15) is 18.3 Å². The van der Waals surface area contributed by atoms with Gasteiger partial charge in [0.15, 0.2) is 0 Å². The van der Waals surface area contributed by atoms with Gasteiger partial charge in [-0.1, -0.05) is 12.1 Å². The Balaban J connectivity index is 1.91. The molecule has 2 aromatic rings. The number of aliphatic hydroxyl groups is 1. The van der Waals surface area contributed by atoms with Crippen LogP contribution in [0.25, 0.3) is 0 Å². The maximum Gasteiger partial charge on any atom is 0.416 e. The van der Waals surface area contributed by atoms with E-state index in [4.69, 9.17) is 0 Å². The molecule has 1 aromatic carbocycles. The van der Waals surface area contributed by atoms with Crippen molar-refractivity contribution in [2.45, 2.75) is 25.2 Å². The Labute approximate surface area is 126 Å². The minimum atomic E-state index is -4.32. The topological polar surface area (TPSA) is 50.1 Å². The SMILES string of the molecule is Cn1cc(C(C)(O)CNCc2ccc(C(F)(F)F)cc2)cn1. The highest BCUT2D eigenvalue weighted by Crippen LogP contribution is 2.29. The summed E-state index contributed by atoms with van der Waals surface area (Å²) in [5.74, 6) is 0. The fourth-order valence-corrected chi connectivity index (χ4v) is 2.06. The van der Waals surface area contributed by atoms with Crippen LogP contribution < -0.4 is 5.32 Å². The summed E-state index contributed by atoms with van der Waals surface area (Å²) < 4.78 is 39.0. The van der Waals surface area contributed by atoms with Crippen molar-refractivity contribution in [2.24, 2.45) is 7.05 Å². The van der Waals surface area contributed by atoms with Crippen LogP contribution in [0.5, 0.6) is 0 Å². The summed E-state index contributed by atoms with van der Waals surface area (Å²) in [6.07, 6.45) is -1.02. The molecule has 1 unspecified atom stereocenters. The number of alkyl halides is 3. The minimum absolute atomic E-state index is 0.264. The van der Waals surface area contributed by atoms with Gasteiger partial charge in [0.2, 0.25) is 0 Å². The summed E-state index contributed by atoms with van der Waals surface area (Å²) in [5, 5.41) is 17.4. The Morgan fingerprint density at radius 1 is 1.18 bits per heavy atom. The molecule has 0 bridgehead atoms. The van der Waals surface area contributed by atoms with Gasteiger partial charge in [0, 0.05) is 31.9 Å². The number of benzene rings is 1. The second kappa shape index (κ2) is 6.10. The first-order valence-electron chi connectivity index (χ1n) is 6.77. The summed E-state index contributed by atoms with van der Waals surface area (Å²) >= 11 is 0. The second-order valence-corrected chi connectivity index (χ2v) is 5.47. The molecule has 0 spiro atoms. The van der Waals surface area contributed by atoms with Crippen molar-refractivity contribution in [2.75, 3.05) is 6.54 Å². The Morgan fingerprint density at radius 3 is 2.32 bits per heavy atom. The first-order valence-corrected chi connectivity index (χ1v) is 6.77. The van der Waals surface area contributed by atoms with Crippen LogP contribution in [0.1, 0.15) is 23.6 Å². The summed E-state index contributed by atoms with van der Waals surface area (Å²) in [6.45, 7) is 2.29. The zero-order chi connectivity index (χ0) is 16.4. The number of nitrogens with zero attached hydrogens (tertiary/aromatic N) is 2. The van der Waals surface area contributed by atoms with Crippen LogP contribution in [-0.4, -0.2) is 21.4 Å². The lowest BCUT2D eigenvalue weighted by molar-refractivity contribution is -0.137. The van der Waals surface area contributed by atoms with Crippen LogP contribution in [0.3, 0.4) is 0 Å². The zero-order valence-electron chi connectivity index (χ0n) is 12.4. The lowest BCUT2D eigenvalue weighted by Gasteiger charge is -2.22. The van der Waals surface area contributed by atoms with Crippen LogP contribution in [0, 0.1) is 0 Å². The predicted molar refractivity (Wildman–Crippen MR) is 75.9 cm³/mol. The summed E-state index contributed by atoms with van der Waals surface area (Å²) in [4.78, 5) is 0. The molecule has 0 fully saturated rings. The van der Waals surface area contributed by atoms with Crippen LogP contribution >= 0.6 is 0 Å². The average molecular weight is 313 g/mol. The van der Waals surface area contributed by atoms with Crippen LogP contribution in [0.15, 0.2) is 36.7 Å². The van der Waals surface area contributed by atoms with Crippen LogP contribution in [0.4, 0.5) is 13.2 Å². The molecule has 0 amide bonds. The standard InChI is InChI=1S/C15H18F3N3O/c1-14(22,13-8-20-21(2)9-13)10-19-7-11-3-5-12(6-4-11)15(16,17)18/h3-6,8-9,19,22H,7,10H2,1-2H3. The molecule has 0 aliphatic heterocycles. The Bertz CT molecular complexity index is 618. The summed E-state index contributed by atoms with van der Waals surface area (Å²) in [5.41, 5.74) is -0.372. The molecule has 0 aliphatic rings. The number of hydrogen-bond acceptors (Lipinski definition) is 3. The van der Waals surface area contributed by atoms with E-state index in [1.807, 2.05) is 0 Å². The number of halogens is 3. The fourth-order valence-electron chi connectivity index (χ4n) is 2.06. The van der Waals surface area contributed by atoms with Crippen molar-refractivity contribution in [1.29, 1.82) is 0 Å². The second-order valence-electron chi connectivity index (χ2n) is 5.47. The molecule has 0 saturated heterocycles. The number of rotatable bonds is 5. The molecule has 22 heavy (non-hydrogen) atoms. The van der Waals surface area contributed by atoms with Gasteiger partial charge >= 0.3 is 6.18 Å². The first-order chi connectivity index (χ1) is 10.2. The number of aryl methyl sites for hydroxylation is 1. The minimum Gasteiger partial charge on any atom is -0.384 e. The highest BCUT2D eigenvalue weighted by Gasteiger charge is 2.30. The van der Waals surface area contributed by atoms with Crippen molar-refractivity contribution in [3.05, 3.63) is 53.3 Å². The third-order valence-corrected chi connectivity index (χ3v) is 3.41. The monoisotopic (exact) mass is 313 g/mol. The molecule has 4 nitrogen and oxygen atoms in total. The third kappa shape index (κ3) is 4.08. The highest BCUT2D eigenvalue weighted by atomic mass is 19.4. The van der Waals surface area contributed by atoms with Gasteiger partial charge in [0.05, 0.1) is 11.8 Å². The van der Waals surface area contributed by atoms with E-state index in [0.717, 1.165) is 17.7 Å². The Morgan fingerprint density at radius 2 is 1.82 bits per heavy atom. The van der Waals surface area contributed by atoms with Crippen LogP contribution in [-0.2, 0) is 25.4 Å². The first kappa shape index (κ1) is 16.5. The van der Waals surface area contributed by atoms with E-state index in [0.29, 0.717) is 12.1 Å². The van der Waals surface area contributed by atoms with Crippen molar-refractivity contribution in [3.8, 4) is 0 Å². The van der Waals surface area contributed by atoms with E-state index >= 15 is 0 Å². The molecule has 2 rings (SSSR count).